The molecule has 4 nitrogen and oxygen atoms in total. The lowest BCUT2D eigenvalue weighted by atomic mass is 9.95. The zero-order chi connectivity index (χ0) is 14.9. The average molecular weight is 316 g/mol. The van der Waals surface area contributed by atoms with Crippen molar-refractivity contribution >= 4 is 27.3 Å². The van der Waals surface area contributed by atoms with Gasteiger partial charge in [-0.3, -0.25) is 4.79 Å². The van der Waals surface area contributed by atoms with Gasteiger partial charge in [0.15, 0.2) is 0 Å². The summed E-state index contributed by atoms with van der Waals surface area (Å²) >= 11 is 1.65. The standard InChI is InChI=1S/C17H20N2O2S/c20-17(19-7-9-21-10-8-19)16-15(12-5-6-18-11-12)13-3-1-2-4-14(13)22-16/h1-4,12,18H,5-11H2. The topological polar surface area (TPSA) is 41.6 Å². The molecular formula is C17H20N2O2S. The Morgan fingerprint density at radius 2 is 2.09 bits per heavy atom. The highest BCUT2D eigenvalue weighted by Crippen LogP contribution is 2.39. The third-order valence-electron chi connectivity index (χ3n) is 4.59. The van der Waals surface area contributed by atoms with E-state index in [2.05, 4.69) is 29.6 Å². The number of nitrogens with one attached hydrogen (secondary N) is 1. The van der Waals surface area contributed by atoms with Crippen LogP contribution in [0, 0.1) is 0 Å². The van der Waals surface area contributed by atoms with E-state index >= 15 is 0 Å². The number of ether oxygens (including phenoxy) is 1. The average Bonchev–Trinajstić information content (AvgIpc) is 3.21. The van der Waals surface area contributed by atoms with Crippen LogP contribution in [0.1, 0.15) is 27.6 Å². The van der Waals surface area contributed by atoms with Crippen molar-refractivity contribution in [2.24, 2.45) is 0 Å². The van der Waals surface area contributed by atoms with Crippen molar-refractivity contribution in [1.29, 1.82) is 0 Å². The maximum absolute atomic E-state index is 13.0. The van der Waals surface area contributed by atoms with Gasteiger partial charge in [-0.1, -0.05) is 18.2 Å². The fraction of sp³-hybridized carbons (Fsp3) is 0.471. The van der Waals surface area contributed by atoms with Gasteiger partial charge in [-0.25, -0.2) is 0 Å². The van der Waals surface area contributed by atoms with Gasteiger partial charge < -0.3 is 15.0 Å². The van der Waals surface area contributed by atoms with Crippen molar-refractivity contribution in [2.75, 3.05) is 39.4 Å². The van der Waals surface area contributed by atoms with E-state index in [1.54, 1.807) is 11.3 Å². The van der Waals surface area contributed by atoms with Crippen LogP contribution in [0.25, 0.3) is 10.1 Å². The maximum Gasteiger partial charge on any atom is 0.264 e. The van der Waals surface area contributed by atoms with Crippen molar-refractivity contribution in [3.63, 3.8) is 0 Å². The third kappa shape index (κ3) is 2.43. The van der Waals surface area contributed by atoms with Crippen molar-refractivity contribution in [2.45, 2.75) is 12.3 Å². The van der Waals surface area contributed by atoms with Gasteiger partial charge in [0.25, 0.3) is 5.91 Å². The number of nitrogens with zero attached hydrogens (tertiary/aromatic N) is 1. The number of amides is 1. The Morgan fingerprint density at radius 3 is 2.86 bits per heavy atom. The first kappa shape index (κ1) is 14.2. The van der Waals surface area contributed by atoms with Crippen molar-refractivity contribution in [3.05, 3.63) is 34.7 Å². The minimum atomic E-state index is 0.186. The van der Waals surface area contributed by atoms with Crippen molar-refractivity contribution < 1.29 is 9.53 Å². The molecule has 2 aliphatic heterocycles. The summed E-state index contributed by atoms with van der Waals surface area (Å²) < 4.78 is 6.60. The molecule has 1 aromatic heterocycles. The summed E-state index contributed by atoms with van der Waals surface area (Å²) in [5.41, 5.74) is 1.27. The molecule has 0 bridgehead atoms. The van der Waals surface area contributed by atoms with E-state index in [9.17, 15) is 4.79 Å². The van der Waals surface area contributed by atoms with Gasteiger partial charge in [-0.2, -0.15) is 0 Å². The molecule has 1 N–H and O–H groups in total. The molecule has 0 saturated carbocycles. The minimum Gasteiger partial charge on any atom is -0.378 e. The molecule has 2 aromatic rings. The van der Waals surface area contributed by atoms with Crippen LogP contribution in [0.4, 0.5) is 0 Å². The molecule has 0 aliphatic carbocycles. The van der Waals surface area contributed by atoms with E-state index in [0.717, 1.165) is 24.4 Å². The third-order valence-corrected chi connectivity index (χ3v) is 5.77. The first-order chi connectivity index (χ1) is 10.8. The van der Waals surface area contributed by atoms with E-state index in [4.69, 9.17) is 4.74 Å². The molecule has 1 amide bonds. The first-order valence-electron chi connectivity index (χ1n) is 7.94. The van der Waals surface area contributed by atoms with Gasteiger partial charge in [0.1, 0.15) is 0 Å². The molecule has 2 aliphatic rings. The van der Waals surface area contributed by atoms with E-state index in [1.807, 2.05) is 4.90 Å². The summed E-state index contributed by atoms with van der Waals surface area (Å²) in [6.07, 6.45) is 1.12. The number of morpholine rings is 1. The van der Waals surface area contributed by atoms with Crippen LogP contribution < -0.4 is 5.32 Å². The number of fused-ring (bicyclic) bond motifs is 1. The Labute approximate surface area is 134 Å². The zero-order valence-electron chi connectivity index (χ0n) is 12.5. The second kappa shape index (κ2) is 5.99. The Balaban J connectivity index is 1.78. The van der Waals surface area contributed by atoms with Crippen LogP contribution >= 0.6 is 11.3 Å². The van der Waals surface area contributed by atoms with Crippen LogP contribution in [0.3, 0.4) is 0 Å². The van der Waals surface area contributed by atoms with Crippen molar-refractivity contribution in [1.82, 2.24) is 10.2 Å². The quantitative estimate of drug-likeness (QED) is 0.925. The van der Waals surface area contributed by atoms with Crippen LogP contribution in [0.2, 0.25) is 0 Å². The van der Waals surface area contributed by atoms with Crippen LogP contribution in [-0.4, -0.2) is 50.2 Å². The number of benzene rings is 1. The molecule has 0 radical (unpaired) electrons. The molecule has 116 valence electrons. The van der Waals surface area contributed by atoms with Crippen LogP contribution in [0.5, 0.6) is 0 Å². The largest absolute Gasteiger partial charge is 0.378 e. The molecule has 0 spiro atoms. The predicted octanol–water partition coefficient (Wildman–Crippen LogP) is 2.45. The van der Waals surface area contributed by atoms with Gasteiger partial charge >= 0.3 is 0 Å². The normalized spacial score (nSPS) is 22.4. The van der Waals surface area contributed by atoms with Crippen molar-refractivity contribution in [3.8, 4) is 0 Å². The number of carbonyl (C=O) groups is 1. The number of rotatable bonds is 2. The van der Waals surface area contributed by atoms with Gasteiger partial charge in [-0.15, -0.1) is 11.3 Å². The van der Waals surface area contributed by atoms with Gasteiger partial charge in [-0.05, 0) is 35.9 Å². The Bertz CT molecular complexity index is 685. The van der Waals surface area contributed by atoms with Gasteiger partial charge in [0.2, 0.25) is 0 Å². The molecule has 1 aromatic carbocycles. The number of hydrogen-bond donors (Lipinski definition) is 1. The van der Waals surface area contributed by atoms with Gasteiger partial charge in [0, 0.05) is 24.3 Å². The number of carbonyl (C=O) groups excluding carboxylic acids is 1. The van der Waals surface area contributed by atoms with E-state index < -0.39 is 0 Å². The summed E-state index contributed by atoms with van der Waals surface area (Å²) in [5, 5.41) is 4.69. The molecule has 1 atom stereocenters. The molecule has 4 rings (SSSR count). The van der Waals surface area contributed by atoms with E-state index in [-0.39, 0.29) is 5.91 Å². The Hall–Kier alpha value is -1.43. The van der Waals surface area contributed by atoms with E-state index in [1.165, 1.54) is 15.6 Å². The molecule has 2 fully saturated rings. The molecule has 3 heterocycles. The SMILES string of the molecule is O=C(c1sc2ccccc2c1C1CCNC1)N1CCOCC1. The van der Waals surface area contributed by atoms with Gasteiger partial charge in [0.05, 0.1) is 18.1 Å². The fourth-order valence-corrected chi connectivity index (χ4v) is 4.70. The second-order valence-corrected chi connectivity index (χ2v) is 6.99. The van der Waals surface area contributed by atoms with Crippen LogP contribution in [0.15, 0.2) is 24.3 Å². The lowest BCUT2D eigenvalue weighted by molar-refractivity contribution is 0.0305. The molecular weight excluding hydrogens is 296 g/mol. The first-order valence-corrected chi connectivity index (χ1v) is 8.75. The smallest absolute Gasteiger partial charge is 0.264 e. The Morgan fingerprint density at radius 1 is 1.27 bits per heavy atom. The second-order valence-electron chi connectivity index (χ2n) is 5.94. The predicted molar refractivity (Wildman–Crippen MR) is 88.8 cm³/mol. The van der Waals surface area contributed by atoms with Crippen LogP contribution in [-0.2, 0) is 4.74 Å². The summed E-state index contributed by atoms with van der Waals surface area (Å²) in [6.45, 7) is 4.73. The van der Waals surface area contributed by atoms with E-state index in [0.29, 0.717) is 32.2 Å². The molecule has 5 heteroatoms. The summed E-state index contributed by atoms with van der Waals surface area (Å²) in [7, 11) is 0. The fourth-order valence-electron chi connectivity index (χ4n) is 3.44. The molecule has 22 heavy (non-hydrogen) atoms. The zero-order valence-corrected chi connectivity index (χ0v) is 13.3. The highest BCUT2D eigenvalue weighted by atomic mass is 32.1. The number of hydrogen-bond acceptors (Lipinski definition) is 4. The molecule has 1 unspecified atom stereocenters. The maximum atomic E-state index is 13.0. The lowest BCUT2D eigenvalue weighted by Gasteiger charge is -2.27. The monoisotopic (exact) mass is 316 g/mol. The Kier molecular flexibility index (Phi) is 3.86. The summed E-state index contributed by atoms with van der Waals surface area (Å²) in [6, 6.07) is 8.42. The summed E-state index contributed by atoms with van der Waals surface area (Å²) in [5.74, 6) is 0.641. The lowest BCUT2D eigenvalue weighted by Crippen LogP contribution is -2.40. The highest BCUT2D eigenvalue weighted by molar-refractivity contribution is 7.21. The summed E-state index contributed by atoms with van der Waals surface area (Å²) in [4.78, 5) is 15.9. The highest BCUT2D eigenvalue weighted by Gasteiger charge is 2.29. The minimum absolute atomic E-state index is 0.186. The number of thiophene rings is 1. The molecule has 2 saturated heterocycles.